The third-order valence-corrected chi connectivity index (χ3v) is 4.70. The first-order chi connectivity index (χ1) is 16.0. The third kappa shape index (κ3) is 9.94. The van der Waals surface area contributed by atoms with Gasteiger partial charge in [-0.15, -0.1) is 0 Å². The van der Waals surface area contributed by atoms with Crippen LogP contribution in [-0.2, 0) is 20.9 Å². The summed E-state index contributed by atoms with van der Waals surface area (Å²) in [4.78, 5) is 35.9. The van der Waals surface area contributed by atoms with Crippen LogP contribution in [0.5, 0.6) is 5.75 Å². The molecular weight excluding hydrogens is 434 g/mol. The van der Waals surface area contributed by atoms with Gasteiger partial charge in [-0.3, -0.25) is 9.59 Å². The number of aryl methyl sites for hydroxylation is 2. The Balaban J connectivity index is 1.71. The first-order valence-corrected chi connectivity index (χ1v) is 11.3. The van der Waals surface area contributed by atoms with Gasteiger partial charge in [0.1, 0.15) is 17.9 Å². The molecule has 0 aliphatic carbocycles. The average Bonchev–Trinajstić information content (AvgIpc) is 2.74. The predicted molar refractivity (Wildman–Crippen MR) is 132 cm³/mol. The minimum absolute atomic E-state index is 0.104. The molecule has 0 heterocycles. The van der Waals surface area contributed by atoms with Gasteiger partial charge in [0.25, 0.3) is 0 Å². The lowest BCUT2D eigenvalue weighted by Crippen LogP contribution is -2.39. The van der Waals surface area contributed by atoms with Crippen LogP contribution < -0.4 is 20.7 Å². The zero-order valence-corrected chi connectivity index (χ0v) is 20.6. The molecule has 0 aliphatic rings. The van der Waals surface area contributed by atoms with Crippen molar-refractivity contribution in [2.45, 2.75) is 59.6 Å². The van der Waals surface area contributed by atoms with Gasteiger partial charge in [-0.1, -0.05) is 30.3 Å². The van der Waals surface area contributed by atoms with E-state index in [1.165, 1.54) is 0 Å². The van der Waals surface area contributed by atoms with E-state index in [1.54, 1.807) is 39.0 Å². The smallest absolute Gasteiger partial charge is 0.408 e. The van der Waals surface area contributed by atoms with Crippen LogP contribution >= 0.6 is 0 Å². The molecule has 3 amide bonds. The molecule has 8 nitrogen and oxygen atoms in total. The molecule has 0 fully saturated rings. The predicted octanol–water partition coefficient (Wildman–Crippen LogP) is 4.24. The van der Waals surface area contributed by atoms with Crippen molar-refractivity contribution in [1.82, 2.24) is 10.6 Å². The SMILES string of the molecule is Cc1cccc(C)c1OCCCC(=O)Nc1cccc(CNC(=O)CNC(=O)OC(C)(C)C)c1. The Morgan fingerprint density at radius 1 is 0.912 bits per heavy atom. The standard InChI is InChI=1S/C26H35N3O5/c1-18-9-6-10-19(2)24(18)33-14-8-13-22(30)29-21-12-7-11-20(15-21)16-27-23(31)17-28-25(32)34-26(3,4)5/h6-7,9-12,15H,8,13-14,16-17H2,1-5H3,(H,27,31)(H,28,32)(H,29,30). The maximum Gasteiger partial charge on any atom is 0.408 e. The van der Waals surface area contributed by atoms with Gasteiger partial charge in [-0.25, -0.2) is 4.79 Å². The van der Waals surface area contributed by atoms with Gasteiger partial charge < -0.3 is 25.4 Å². The molecule has 3 N–H and O–H groups in total. The molecule has 34 heavy (non-hydrogen) atoms. The topological polar surface area (TPSA) is 106 Å². The normalized spacial score (nSPS) is 10.9. The van der Waals surface area contributed by atoms with Crippen LogP contribution in [0.1, 0.15) is 50.3 Å². The van der Waals surface area contributed by atoms with Crippen LogP contribution in [-0.4, -0.2) is 36.7 Å². The summed E-state index contributed by atoms with van der Waals surface area (Å²) in [6.45, 7) is 9.79. The Morgan fingerprint density at radius 2 is 1.59 bits per heavy atom. The maximum atomic E-state index is 12.3. The summed E-state index contributed by atoms with van der Waals surface area (Å²) in [5.74, 6) is 0.427. The lowest BCUT2D eigenvalue weighted by molar-refractivity contribution is -0.120. The Kier molecular flexibility index (Phi) is 9.92. The number of hydrogen-bond donors (Lipinski definition) is 3. The Morgan fingerprint density at radius 3 is 2.26 bits per heavy atom. The number of hydrogen-bond acceptors (Lipinski definition) is 5. The number of amides is 3. The summed E-state index contributed by atoms with van der Waals surface area (Å²) in [5, 5.41) is 8.01. The number of ether oxygens (including phenoxy) is 2. The van der Waals surface area contributed by atoms with Crippen molar-refractivity contribution >= 4 is 23.6 Å². The highest BCUT2D eigenvalue weighted by molar-refractivity contribution is 5.90. The molecule has 0 saturated carbocycles. The Labute approximate surface area is 201 Å². The van der Waals surface area contributed by atoms with Crippen LogP contribution in [0.15, 0.2) is 42.5 Å². The molecule has 0 atom stereocenters. The summed E-state index contributed by atoms with van der Waals surface area (Å²) in [6, 6.07) is 13.2. The van der Waals surface area contributed by atoms with Crippen molar-refractivity contribution in [2.75, 3.05) is 18.5 Å². The van der Waals surface area contributed by atoms with E-state index in [1.807, 2.05) is 38.1 Å². The zero-order chi connectivity index (χ0) is 25.1. The molecule has 184 valence electrons. The number of anilines is 1. The fraction of sp³-hybridized carbons (Fsp3) is 0.423. The molecule has 2 aromatic rings. The average molecular weight is 470 g/mol. The largest absolute Gasteiger partial charge is 0.493 e. The second kappa shape index (κ2) is 12.6. The molecule has 0 aromatic heterocycles. The van der Waals surface area contributed by atoms with Gasteiger partial charge in [0, 0.05) is 18.7 Å². The van der Waals surface area contributed by atoms with Crippen molar-refractivity contribution in [3.8, 4) is 5.75 Å². The highest BCUT2D eigenvalue weighted by atomic mass is 16.6. The quantitative estimate of drug-likeness (QED) is 0.451. The molecule has 2 rings (SSSR count). The first kappa shape index (κ1) is 26.7. The lowest BCUT2D eigenvalue weighted by atomic mass is 10.1. The summed E-state index contributed by atoms with van der Waals surface area (Å²) in [5.41, 5.74) is 3.00. The number of nitrogens with one attached hydrogen (secondary N) is 3. The van der Waals surface area contributed by atoms with Gasteiger partial charge in [0.15, 0.2) is 0 Å². The van der Waals surface area contributed by atoms with E-state index in [9.17, 15) is 14.4 Å². The molecule has 2 aromatic carbocycles. The van der Waals surface area contributed by atoms with E-state index in [-0.39, 0.29) is 24.9 Å². The van der Waals surface area contributed by atoms with Crippen LogP contribution in [0.25, 0.3) is 0 Å². The number of para-hydroxylation sites is 1. The Hall–Kier alpha value is -3.55. The van der Waals surface area contributed by atoms with Crippen molar-refractivity contribution in [3.63, 3.8) is 0 Å². The summed E-state index contributed by atoms with van der Waals surface area (Å²) in [7, 11) is 0. The third-order valence-electron chi connectivity index (χ3n) is 4.70. The van der Waals surface area contributed by atoms with Gasteiger partial charge in [-0.2, -0.15) is 0 Å². The van der Waals surface area contributed by atoms with Crippen molar-refractivity contribution in [3.05, 3.63) is 59.2 Å². The van der Waals surface area contributed by atoms with Crippen molar-refractivity contribution in [2.24, 2.45) is 0 Å². The van der Waals surface area contributed by atoms with Crippen LogP contribution in [0.3, 0.4) is 0 Å². The van der Waals surface area contributed by atoms with Gasteiger partial charge >= 0.3 is 6.09 Å². The molecule has 0 spiro atoms. The number of alkyl carbamates (subject to hydrolysis) is 1. The Bertz CT molecular complexity index is 978. The number of benzene rings is 2. The van der Waals surface area contributed by atoms with E-state index >= 15 is 0 Å². The van der Waals surface area contributed by atoms with E-state index < -0.39 is 11.7 Å². The van der Waals surface area contributed by atoms with Gasteiger partial charge in [0.05, 0.1) is 6.61 Å². The lowest BCUT2D eigenvalue weighted by Gasteiger charge is -2.19. The van der Waals surface area contributed by atoms with Gasteiger partial charge in [0.2, 0.25) is 11.8 Å². The number of carbonyl (C=O) groups excluding carboxylic acids is 3. The molecule has 8 heteroatoms. The number of rotatable bonds is 10. The van der Waals surface area contributed by atoms with Crippen LogP contribution in [0.4, 0.5) is 10.5 Å². The van der Waals surface area contributed by atoms with E-state index in [0.29, 0.717) is 25.1 Å². The molecular formula is C26H35N3O5. The highest BCUT2D eigenvalue weighted by Gasteiger charge is 2.16. The maximum absolute atomic E-state index is 12.3. The van der Waals surface area contributed by atoms with Crippen LogP contribution in [0, 0.1) is 13.8 Å². The second-order valence-corrected chi connectivity index (χ2v) is 9.05. The molecule has 0 aliphatic heterocycles. The highest BCUT2D eigenvalue weighted by Crippen LogP contribution is 2.22. The second-order valence-electron chi connectivity index (χ2n) is 9.05. The fourth-order valence-electron chi connectivity index (χ4n) is 3.15. The monoisotopic (exact) mass is 469 g/mol. The molecule has 0 unspecified atom stereocenters. The molecule has 0 bridgehead atoms. The first-order valence-electron chi connectivity index (χ1n) is 11.3. The number of carbonyl (C=O) groups is 3. The van der Waals surface area contributed by atoms with E-state index in [2.05, 4.69) is 16.0 Å². The van der Waals surface area contributed by atoms with Crippen molar-refractivity contribution < 1.29 is 23.9 Å². The minimum Gasteiger partial charge on any atom is -0.493 e. The summed E-state index contributed by atoms with van der Waals surface area (Å²) < 4.78 is 10.9. The van der Waals surface area contributed by atoms with Crippen molar-refractivity contribution in [1.29, 1.82) is 0 Å². The van der Waals surface area contributed by atoms with E-state index in [4.69, 9.17) is 9.47 Å². The fourth-order valence-corrected chi connectivity index (χ4v) is 3.15. The van der Waals surface area contributed by atoms with Crippen LogP contribution in [0.2, 0.25) is 0 Å². The summed E-state index contributed by atoms with van der Waals surface area (Å²) >= 11 is 0. The van der Waals surface area contributed by atoms with E-state index in [0.717, 1.165) is 22.4 Å². The molecule has 0 saturated heterocycles. The summed E-state index contributed by atoms with van der Waals surface area (Å²) in [6.07, 6.45) is 0.286. The van der Waals surface area contributed by atoms with Gasteiger partial charge in [-0.05, 0) is 69.9 Å². The zero-order valence-electron chi connectivity index (χ0n) is 20.6. The minimum atomic E-state index is -0.646. The molecule has 0 radical (unpaired) electrons.